The van der Waals surface area contributed by atoms with Gasteiger partial charge in [-0.1, -0.05) is 83.2 Å². The van der Waals surface area contributed by atoms with Crippen LogP contribution >= 0.6 is 0 Å². The lowest BCUT2D eigenvalue weighted by Gasteiger charge is -2.01. The summed E-state index contributed by atoms with van der Waals surface area (Å²) in [6.45, 7) is 15.3. The summed E-state index contributed by atoms with van der Waals surface area (Å²) in [7, 11) is 3.38. The van der Waals surface area contributed by atoms with E-state index >= 15 is 0 Å². The predicted molar refractivity (Wildman–Crippen MR) is 138 cm³/mol. The van der Waals surface area contributed by atoms with Gasteiger partial charge in [-0.25, -0.2) is 0 Å². The number of allylic oxidation sites excluding steroid dienone is 5. The molecule has 0 aliphatic rings. The predicted octanol–water partition coefficient (Wildman–Crippen LogP) is 8.37. The van der Waals surface area contributed by atoms with Crippen LogP contribution in [0.3, 0.4) is 0 Å². The van der Waals surface area contributed by atoms with E-state index in [4.69, 9.17) is 14.6 Å². The van der Waals surface area contributed by atoms with Gasteiger partial charge in [0.15, 0.2) is 0 Å². The molecule has 174 valence electrons. The van der Waals surface area contributed by atoms with Gasteiger partial charge in [0, 0.05) is 6.42 Å². The van der Waals surface area contributed by atoms with Crippen molar-refractivity contribution >= 4 is 0 Å². The van der Waals surface area contributed by atoms with Crippen LogP contribution in [0.5, 0.6) is 11.5 Å². The van der Waals surface area contributed by atoms with Gasteiger partial charge in [-0.2, -0.15) is 0 Å². The third-order valence-electron chi connectivity index (χ3n) is 3.30. The number of phenolic OH excluding ortho intramolecular Hbond substituents is 1. The highest BCUT2D eigenvalue weighted by Gasteiger charge is 1.91. The average molecular weight is 429 g/mol. The Kier molecular flexibility index (Phi) is 28.6. The second-order valence-corrected chi connectivity index (χ2v) is 5.41. The van der Waals surface area contributed by atoms with Crippen LogP contribution < -0.4 is 4.74 Å². The molecule has 0 atom stereocenters. The molecule has 1 N–H and O–H groups in total. The van der Waals surface area contributed by atoms with Crippen LogP contribution in [0, 0.1) is 0 Å². The number of phenols is 1. The Morgan fingerprint density at radius 1 is 0.935 bits per heavy atom. The smallest absolute Gasteiger partial charge is 0.118 e. The fraction of sp³-hybridized carbons (Fsp3) is 0.357. The van der Waals surface area contributed by atoms with Gasteiger partial charge >= 0.3 is 0 Å². The van der Waals surface area contributed by atoms with Crippen LogP contribution in [-0.2, 0) is 11.2 Å². The van der Waals surface area contributed by atoms with Crippen molar-refractivity contribution in [2.24, 2.45) is 0 Å². The van der Waals surface area contributed by atoms with Gasteiger partial charge in [0.1, 0.15) is 11.5 Å². The molecule has 31 heavy (non-hydrogen) atoms. The summed E-state index contributed by atoms with van der Waals surface area (Å²) in [5.41, 5.74) is 1.27. The van der Waals surface area contributed by atoms with E-state index in [1.807, 2.05) is 65.0 Å². The second kappa shape index (κ2) is 27.1. The highest BCUT2D eigenvalue weighted by atomic mass is 16.5. The minimum absolute atomic E-state index is 0.322. The van der Waals surface area contributed by atoms with Crippen LogP contribution in [0.4, 0.5) is 0 Å². The van der Waals surface area contributed by atoms with Crippen LogP contribution in [0.15, 0.2) is 91.2 Å². The summed E-state index contributed by atoms with van der Waals surface area (Å²) in [6.07, 6.45) is 9.75. The second-order valence-electron chi connectivity index (χ2n) is 5.41. The molecule has 0 saturated carbocycles. The first-order valence-electron chi connectivity index (χ1n) is 10.9. The first-order chi connectivity index (χ1) is 15.1. The standard InChI is InChI=1S/C15H20O2.C6H6O.C3H6.2C2H6/c1-4-14(16-2)8-6-5-7-13-9-11-15(17-3)12-10-13;7-6-4-2-1-3-5-6;1-3-2;2*1-2/h5-6,8-12H,4,7H2,1-3H3;1-5,7H;3H,1H2,2H3;2*1-2H3/b6-5-,14-8-;;;;. The van der Waals surface area contributed by atoms with Crippen molar-refractivity contribution in [3.05, 3.63) is 96.8 Å². The molecule has 0 amide bonds. The summed E-state index contributed by atoms with van der Waals surface area (Å²) in [4.78, 5) is 0. The molecule has 0 aliphatic heterocycles. The van der Waals surface area contributed by atoms with Gasteiger partial charge in [-0.3, -0.25) is 0 Å². The monoisotopic (exact) mass is 428 g/mol. The molecule has 0 fully saturated rings. The van der Waals surface area contributed by atoms with E-state index in [0.717, 1.165) is 24.4 Å². The molecule has 0 aliphatic carbocycles. The number of hydrogen-bond donors (Lipinski definition) is 1. The maximum atomic E-state index is 8.63. The lowest BCUT2D eigenvalue weighted by Crippen LogP contribution is -1.84. The van der Waals surface area contributed by atoms with E-state index in [9.17, 15) is 0 Å². The summed E-state index contributed by atoms with van der Waals surface area (Å²) >= 11 is 0. The molecule has 0 heterocycles. The zero-order valence-corrected chi connectivity index (χ0v) is 20.9. The van der Waals surface area contributed by atoms with E-state index in [0.29, 0.717) is 5.75 Å². The fourth-order valence-corrected chi connectivity index (χ4v) is 1.90. The molecule has 2 aromatic rings. The third kappa shape index (κ3) is 21.6. The maximum Gasteiger partial charge on any atom is 0.118 e. The number of ether oxygens (including phenoxy) is 2. The van der Waals surface area contributed by atoms with Crippen molar-refractivity contribution in [2.75, 3.05) is 14.2 Å². The van der Waals surface area contributed by atoms with Gasteiger partial charge in [0.2, 0.25) is 0 Å². The van der Waals surface area contributed by atoms with Crippen LogP contribution in [0.2, 0.25) is 0 Å². The van der Waals surface area contributed by atoms with E-state index in [-0.39, 0.29) is 0 Å². The Bertz CT molecular complexity index is 650. The minimum atomic E-state index is 0.322. The van der Waals surface area contributed by atoms with Crippen molar-refractivity contribution in [2.45, 2.75) is 54.4 Å². The first kappa shape index (κ1) is 32.7. The van der Waals surface area contributed by atoms with Gasteiger partial charge in [0.25, 0.3) is 0 Å². The number of hydrogen-bond acceptors (Lipinski definition) is 3. The Hall–Kier alpha value is -2.94. The largest absolute Gasteiger partial charge is 0.508 e. The highest BCUT2D eigenvalue weighted by molar-refractivity contribution is 5.28. The van der Waals surface area contributed by atoms with Gasteiger partial charge in [-0.15, -0.1) is 6.58 Å². The van der Waals surface area contributed by atoms with Gasteiger partial charge in [-0.05, 0) is 49.2 Å². The minimum Gasteiger partial charge on any atom is -0.508 e. The van der Waals surface area contributed by atoms with Crippen molar-refractivity contribution in [1.82, 2.24) is 0 Å². The SMILES string of the molecule is C=CC.CC.CC.CC/C(=C/C=C\Cc1ccc(OC)cc1)OC.Oc1ccccc1. The van der Waals surface area contributed by atoms with E-state index in [2.05, 4.69) is 31.7 Å². The fourth-order valence-electron chi connectivity index (χ4n) is 1.90. The number of para-hydroxylation sites is 1. The topological polar surface area (TPSA) is 38.7 Å². The molecule has 3 nitrogen and oxygen atoms in total. The Balaban J connectivity index is -0.000000461. The molecule has 0 aromatic heterocycles. The molecule has 0 radical (unpaired) electrons. The van der Waals surface area contributed by atoms with Crippen LogP contribution in [0.1, 0.15) is 53.5 Å². The average Bonchev–Trinajstić information content (AvgIpc) is 2.83. The highest BCUT2D eigenvalue weighted by Crippen LogP contribution is 2.12. The Morgan fingerprint density at radius 3 is 1.81 bits per heavy atom. The van der Waals surface area contributed by atoms with Crippen LogP contribution in [-0.4, -0.2) is 19.3 Å². The Morgan fingerprint density at radius 2 is 1.45 bits per heavy atom. The zero-order valence-electron chi connectivity index (χ0n) is 20.9. The van der Waals surface area contributed by atoms with Crippen molar-refractivity contribution in [1.29, 1.82) is 0 Å². The van der Waals surface area contributed by atoms with Gasteiger partial charge < -0.3 is 14.6 Å². The van der Waals surface area contributed by atoms with E-state index in [1.165, 1.54) is 5.56 Å². The molecule has 3 heteroatoms. The first-order valence-corrected chi connectivity index (χ1v) is 10.9. The maximum absolute atomic E-state index is 8.63. The molecule has 0 unspecified atom stereocenters. The quantitative estimate of drug-likeness (QED) is 0.285. The number of aromatic hydroxyl groups is 1. The van der Waals surface area contributed by atoms with Crippen LogP contribution in [0.25, 0.3) is 0 Å². The van der Waals surface area contributed by atoms with E-state index < -0.39 is 0 Å². The normalized spacial score (nSPS) is 9.23. The molecule has 2 aromatic carbocycles. The van der Waals surface area contributed by atoms with Crippen molar-refractivity contribution in [3.63, 3.8) is 0 Å². The lowest BCUT2D eigenvalue weighted by molar-refractivity contribution is 0.281. The molecular weight excluding hydrogens is 384 g/mol. The summed E-state index contributed by atoms with van der Waals surface area (Å²) < 4.78 is 10.3. The lowest BCUT2D eigenvalue weighted by atomic mass is 10.1. The molecular formula is C28H44O3. The van der Waals surface area contributed by atoms with Gasteiger partial charge in [0.05, 0.1) is 20.0 Å². The number of methoxy groups -OCH3 is 2. The summed E-state index contributed by atoms with van der Waals surface area (Å²) in [5.74, 6) is 2.21. The van der Waals surface area contributed by atoms with Crippen molar-refractivity contribution in [3.8, 4) is 11.5 Å². The summed E-state index contributed by atoms with van der Waals surface area (Å²) in [6, 6.07) is 16.8. The Labute approximate surface area is 191 Å². The number of rotatable bonds is 6. The molecule has 2 rings (SSSR count). The van der Waals surface area contributed by atoms with E-state index in [1.54, 1.807) is 44.6 Å². The number of benzene rings is 2. The third-order valence-corrected chi connectivity index (χ3v) is 3.30. The molecule has 0 saturated heterocycles. The summed E-state index contributed by atoms with van der Waals surface area (Å²) in [5, 5.41) is 8.63. The molecule has 0 spiro atoms. The zero-order chi connectivity index (χ0) is 24.3. The van der Waals surface area contributed by atoms with Crippen molar-refractivity contribution < 1.29 is 14.6 Å². The molecule has 0 bridgehead atoms.